The fourth-order valence-corrected chi connectivity index (χ4v) is 4.27. The Morgan fingerprint density at radius 3 is 2.17 bits per heavy atom. The molecule has 0 saturated carbocycles. The lowest BCUT2D eigenvalue weighted by Gasteiger charge is -2.39. The Balaban J connectivity index is 1.21. The average molecular weight is 479 g/mol. The molecule has 2 aromatic carbocycles. The van der Waals surface area contributed by atoms with Crippen LogP contribution in [0.5, 0.6) is 0 Å². The molecule has 35 heavy (non-hydrogen) atoms. The lowest BCUT2D eigenvalue weighted by atomic mass is 9.96. The summed E-state index contributed by atoms with van der Waals surface area (Å²) < 4.78 is 32.3. The number of rotatable bonds is 7. The van der Waals surface area contributed by atoms with E-state index in [2.05, 4.69) is 30.2 Å². The van der Waals surface area contributed by atoms with Crippen LogP contribution in [0.3, 0.4) is 0 Å². The first-order chi connectivity index (χ1) is 17.1. The van der Waals surface area contributed by atoms with E-state index in [1.807, 2.05) is 4.90 Å². The van der Waals surface area contributed by atoms with Crippen LogP contribution in [0.1, 0.15) is 29.5 Å². The number of carbonyl (C=O) groups is 1. The number of benzene rings is 2. The fraction of sp³-hybridized carbons (Fsp3) is 0.292. The van der Waals surface area contributed by atoms with E-state index in [1.165, 1.54) is 30.6 Å². The van der Waals surface area contributed by atoms with Gasteiger partial charge in [-0.15, -0.1) is 0 Å². The van der Waals surface area contributed by atoms with Gasteiger partial charge in [0.2, 0.25) is 17.6 Å². The number of carbonyl (C=O) groups excluding carboxylic acids is 1. The maximum Gasteiger partial charge on any atom is 0.239 e. The van der Waals surface area contributed by atoms with Gasteiger partial charge in [-0.3, -0.25) is 14.8 Å². The van der Waals surface area contributed by atoms with E-state index in [4.69, 9.17) is 4.52 Å². The second-order valence-corrected chi connectivity index (χ2v) is 8.27. The van der Waals surface area contributed by atoms with Crippen LogP contribution in [-0.4, -0.2) is 67.2 Å². The summed E-state index contributed by atoms with van der Waals surface area (Å²) in [7, 11) is 0. The van der Waals surface area contributed by atoms with E-state index in [0.717, 1.165) is 11.1 Å². The van der Waals surface area contributed by atoms with Crippen molar-refractivity contribution in [1.29, 1.82) is 0 Å². The molecule has 0 radical (unpaired) electrons. The Hall–Kier alpha value is -3.99. The van der Waals surface area contributed by atoms with Gasteiger partial charge in [-0.05, 0) is 35.4 Å². The monoisotopic (exact) mass is 479 g/mol. The van der Waals surface area contributed by atoms with Crippen molar-refractivity contribution in [3.05, 3.63) is 83.5 Å². The van der Waals surface area contributed by atoms with E-state index >= 15 is 0 Å². The number of H-pyrrole nitrogens is 1. The van der Waals surface area contributed by atoms with E-state index < -0.39 is 0 Å². The number of aryl methyl sites for hydroxylation is 1. The fourth-order valence-electron chi connectivity index (χ4n) is 4.27. The number of amides is 1. The summed E-state index contributed by atoms with van der Waals surface area (Å²) in [5.41, 5.74) is 1.83. The van der Waals surface area contributed by atoms with E-state index in [0.29, 0.717) is 50.1 Å². The molecule has 3 heterocycles. The van der Waals surface area contributed by atoms with Crippen LogP contribution < -0.4 is 0 Å². The summed E-state index contributed by atoms with van der Waals surface area (Å²) in [6.45, 7) is 2.35. The van der Waals surface area contributed by atoms with Gasteiger partial charge in [-0.1, -0.05) is 29.4 Å². The largest absolute Gasteiger partial charge is 0.340 e. The smallest absolute Gasteiger partial charge is 0.239 e. The highest BCUT2D eigenvalue weighted by Gasteiger charge is 2.28. The Labute approximate surface area is 199 Å². The topological polar surface area (TPSA) is 104 Å². The van der Waals surface area contributed by atoms with Gasteiger partial charge < -0.3 is 9.42 Å². The maximum absolute atomic E-state index is 13.5. The van der Waals surface area contributed by atoms with Crippen molar-refractivity contribution in [2.75, 3.05) is 26.2 Å². The van der Waals surface area contributed by atoms with Crippen LogP contribution in [0.2, 0.25) is 0 Å². The molecular formula is C24H23F2N7O2. The van der Waals surface area contributed by atoms with Crippen LogP contribution in [-0.2, 0) is 11.2 Å². The minimum absolute atomic E-state index is 0.00387. The molecule has 1 N–H and O–H groups in total. The first-order valence-electron chi connectivity index (χ1n) is 11.3. The average Bonchev–Trinajstić information content (AvgIpc) is 3.58. The van der Waals surface area contributed by atoms with Crippen molar-refractivity contribution in [2.45, 2.75) is 18.9 Å². The minimum Gasteiger partial charge on any atom is -0.340 e. The van der Waals surface area contributed by atoms with Crippen molar-refractivity contribution in [2.24, 2.45) is 0 Å². The molecule has 9 nitrogen and oxygen atoms in total. The number of aromatic amines is 1. The summed E-state index contributed by atoms with van der Waals surface area (Å²) in [4.78, 5) is 25.1. The number of hydrogen-bond acceptors (Lipinski definition) is 7. The van der Waals surface area contributed by atoms with Gasteiger partial charge in [0, 0.05) is 39.0 Å². The standard InChI is InChI=1S/C24H23F2N7O2/c25-18-5-1-16(2-6-18)22(17-3-7-19(26)8-4-17)33-13-11-32(12-14-33)21(34)10-9-20-29-24(31-35-20)23-27-15-28-30-23/h1-8,15,22H,9-14H2,(H,27,28,30). The van der Waals surface area contributed by atoms with E-state index in [-0.39, 0.29) is 30.0 Å². The van der Waals surface area contributed by atoms with Crippen LogP contribution in [0.15, 0.2) is 59.4 Å². The first-order valence-corrected chi connectivity index (χ1v) is 11.3. The normalized spacial score (nSPS) is 14.5. The molecule has 1 amide bonds. The van der Waals surface area contributed by atoms with Crippen molar-refractivity contribution in [3.63, 3.8) is 0 Å². The van der Waals surface area contributed by atoms with Crippen molar-refractivity contribution in [1.82, 2.24) is 35.1 Å². The number of halogens is 2. The predicted octanol–water partition coefficient (Wildman–Crippen LogP) is 3.00. The van der Waals surface area contributed by atoms with Gasteiger partial charge >= 0.3 is 0 Å². The maximum atomic E-state index is 13.5. The zero-order chi connectivity index (χ0) is 24.2. The van der Waals surface area contributed by atoms with E-state index in [9.17, 15) is 13.6 Å². The molecule has 1 aliphatic heterocycles. The molecular weight excluding hydrogens is 456 g/mol. The minimum atomic E-state index is -0.309. The quantitative estimate of drug-likeness (QED) is 0.435. The zero-order valence-corrected chi connectivity index (χ0v) is 18.8. The molecule has 1 saturated heterocycles. The highest BCUT2D eigenvalue weighted by Crippen LogP contribution is 2.30. The van der Waals surface area contributed by atoms with Crippen molar-refractivity contribution < 1.29 is 18.1 Å². The van der Waals surface area contributed by atoms with Gasteiger partial charge in [0.05, 0.1) is 6.04 Å². The van der Waals surface area contributed by atoms with Crippen LogP contribution in [0, 0.1) is 11.6 Å². The number of nitrogens with zero attached hydrogens (tertiary/aromatic N) is 6. The van der Waals surface area contributed by atoms with Gasteiger partial charge in [-0.2, -0.15) is 10.1 Å². The van der Waals surface area contributed by atoms with Crippen molar-refractivity contribution in [3.8, 4) is 11.6 Å². The Morgan fingerprint density at radius 2 is 1.60 bits per heavy atom. The summed E-state index contributed by atoms with van der Waals surface area (Å²) in [6.07, 6.45) is 1.93. The number of hydrogen-bond donors (Lipinski definition) is 1. The molecule has 0 aliphatic carbocycles. The highest BCUT2D eigenvalue weighted by molar-refractivity contribution is 5.76. The predicted molar refractivity (Wildman–Crippen MR) is 121 cm³/mol. The Bertz CT molecular complexity index is 1210. The molecule has 0 spiro atoms. The van der Waals surface area contributed by atoms with Gasteiger partial charge in [-0.25, -0.2) is 13.8 Å². The highest BCUT2D eigenvalue weighted by atomic mass is 19.1. The second-order valence-electron chi connectivity index (χ2n) is 8.27. The molecule has 0 atom stereocenters. The number of aromatic nitrogens is 5. The molecule has 1 fully saturated rings. The SMILES string of the molecule is O=C(CCc1nc(-c2ncn[nH]2)no1)N1CCN(C(c2ccc(F)cc2)c2ccc(F)cc2)CC1. The lowest BCUT2D eigenvalue weighted by Crippen LogP contribution is -2.49. The second kappa shape index (κ2) is 10.1. The summed E-state index contributed by atoms with van der Waals surface area (Å²) in [5.74, 6) is 0.443. The molecule has 4 aromatic rings. The van der Waals surface area contributed by atoms with Crippen LogP contribution in [0.25, 0.3) is 11.6 Å². The Morgan fingerprint density at radius 1 is 0.971 bits per heavy atom. The van der Waals surface area contributed by atoms with Crippen molar-refractivity contribution >= 4 is 5.91 Å². The first kappa shape index (κ1) is 22.8. The third kappa shape index (κ3) is 5.24. The lowest BCUT2D eigenvalue weighted by molar-refractivity contribution is -0.133. The summed E-state index contributed by atoms with van der Waals surface area (Å²) in [5, 5.41) is 10.3. The third-order valence-corrected chi connectivity index (χ3v) is 6.05. The molecule has 11 heteroatoms. The van der Waals surface area contributed by atoms with Crippen LogP contribution in [0.4, 0.5) is 8.78 Å². The Kier molecular flexibility index (Phi) is 6.57. The van der Waals surface area contributed by atoms with Gasteiger partial charge in [0.15, 0.2) is 5.82 Å². The summed E-state index contributed by atoms with van der Waals surface area (Å²) >= 11 is 0. The van der Waals surface area contributed by atoms with E-state index in [1.54, 1.807) is 24.3 Å². The molecule has 180 valence electrons. The van der Waals surface area contributed by atoms with Gasteiger partial charge in [0.1, 0.15) is 18.0 Å². The molecule has 0 unspecified atom stereocenters. The third-order valence-electron chi connectivity index (χ3n) is 6.05. The molecule has 5 rings (SSSR count). The molecule has 1 aliphatic rings. The number of nitrogens with one attached hydrogen (secondary N) is 1. The summed E-state index contributed by atoms with van der Waals surface area (Å²) in [6, 6.07) is 12.5. The molecule has 2 aromatic heterocycles. The van der Waals surface area contributed by atoms with Crippen LogP contribution >= 0.6 is 0 Å². The van der Waals surface area contributed by atoms with Gasteiger partial charge in [0.25, 0.3) is 0 Å². The number of piperazine rings is 1. The molecule has 0 bridgehead atoms. The zero-order valence-electron chi connectivity index (χ0n) is 18.8.